The highest BCUT2D eigenvalue weighted by atomic mass is 79.9. The minimum Gasteiger partial charge on any atom is -0.317 e. The Labute approximate surface area is 198 Å². The van der Waals surface area contributed by atoms with Crippen LogP contribution in [0.3, 0.4) is 0 Å². The fourth-order valence-corrected chi connectivity index (χ4v) is 4.63. The number of hydrogen-bond acceptors (Lipinski definition) is 2. The number of aliphatic imine (C=N–C) groups is 1. The van der Waals surface area contributed by atoms with Gasteiger partial charge in [-0.25, -0.2) is 0 Å². The maximum Gasteiger partial charge on any atom is 0.0796 e. The summed E-state index contributed by atoms with van der Waals surface area (Å²) in [5, 5.41) is 0. The molecule has 158 valence electrons. The first-order chi connectivity index (χ1) is 14.4. The lowest BCUT2D eigenvalue weighted by Crippen LogP contribution is -2.22. The summed E-state index contributed by atoms with van der Waals surface area (Å²) in [6.07, 6.45) is 15.3. The Bertz CT molecular complexity index is 979. The summed E-state index contributed by atoms with van der Waals surface area (Å²) in [5.74, 6) is 0.846. The molecule has 2 atom stereocenters. The fraction of sp³-hybridized carbons (Fsp3) is 0.346. The minimum absolute atomic E-state index is 0.339. The van der Waals surface area contributed by atoms with Gasteiger partial charge in [0.05, 0.1) is 17.9 Å². The van der Waals surface area contributed by atoms with Crippen molar-refractivity contribution in [3.63, 3.8) is 0 Å². The number of halogens is 2. The van der Waals surface area contributed by atoms with E-state index in [1.165, 1.54) is 11.3 Å². The van der Waals surface area contributed by atoms with E-state index in [0.29, 0.717) is 18.4 Å². The van der Waals surface area contributed by atoms with E-state index >= 15 is 0 Å². The van der Waals surface area contributed by atoms with E-state index in [9.17, 15) is 0 Å². The molecule has 3 rings (SSSR count). The second kappa shape index (κ2) is 10.1. The molecule has 0 amide bonds. The number of allylic oxidation sites excluding steroid dienone is 8. The van der Waals surface area contributed by atoms with Crippen molar-refractivity contribution in [3.8, 4) is 0 Å². The molecule has 1 aliphatic heterocycles. The van der Waals surface area contributed by atoms with Gasteiger partial charge in [-0.3, -0.25) is 4.99 Å². The third-order valence-corrected chi connectivity index (χ3v) is 7.59. The van der Waals surface area contributed by atoms with Crippen LogP contribution in [0.2, 0.25) is 0 Å². The van der Waals surface area contributed by atoms with E-state index in [1.807, 2.05) is 0 Å². The van der Waals surface area contributed by atoms with Crippen molar-refractivity contribution in [2.75, 3.05) is 11.4 Å². The van der Waals surface area contributed by atoms with Gasteiger partial charge in [0, 0.05) is 31.8 Å². The van der Waals surface area contributed by atoms with Crippen LogP contribution in [0.5, 0.6) is 0 Å². The molecule has 4 heteroatoms. The monoisotopic (exact) mass is 528 g/mol. The molecule has 0 N–H and O–H groups in total. The standard InChI is InChI=1S/C26H30Br2N2/c1-6-17(3)13-18(4)30-19(5)16-29-26(21-12-10-8-9-11-20(21)7-2)22-14-23(27)24(28)15-25(22)30/h8-15,17,20H,5-7,16H2,1-4H3/b18-13-/t17?,20-/m1/s1. The zero-order chi connectivity index (χ0) is 21.8. The summed E-state index contributed by atoms with van der Waals surface area (Å²) in [5.41, 5.74) is 6.76. The lowest BCUT2D eigenvalue weighted by molar-refractivity contribution is 0.689. The summed E-state index contributed by atoms with van der Waals surface area (Å²) < 4.78 is 2.05. The van der Waals surface area contributed by atoms with Gasteiger partial charge in [0.15, 0.2) is 0 Å². The van der Waals surface area contributed by atoms with Crippen molar-refractivity contribution in [1.29, 1.82) is 0 Å². The highest BCUT2D eigenvalue weighted by Gasteiger charge is 2.27. The number of benzene rings is 1. The average molecular weight is 530 g/mol. The van der Waals surface area contributed by atoms with Crippen LogP contribution in [-0.4, -0.2) is 12.3 Å². The van der Waals surface area contributed by atoms with Crippen LogP contribution in [0, 0.1) is 11.8 Å². The first-order valence-corrected chi connectivity index (χ1v) is 12.2. The van der Waals surface area contributed by atoms with Crippen molar-refractivity contribution in [2.45, 2.75) is 40.5 Å². The van der Waals surface area contributed by atoms with E-state index in [-0.39, 0.29) is 0 Å². The largest absolute Gasteiger partial charge is 0.317 e. The quantitative estimate of drug-likeness (QED) is 0.374. The van der Waals surface area contributed by atoms with Crippen molar-refractivity contribution in [3.05, 3.63) is 86.6 Å². The van der Waals surface area contributed by atoms with Crippen molar-refractivity contribution >= 4 is 43.3 Å². The molecule has 30 heavy (non-hydrogen) atoms. The summed E-state index contributed by atoms with van der Waals surface area (Å²) in [6, 6.07) is 4.37. The second-order valence-corrected chi connectivity index (χ2v) is 9.66. The number of benzodiazepines with no additional fused rings is 1. The van der Waals surface area contributed by atoms with Gasteiger partial charge in [-0.15, -0.1) is 0 Å². The number of hydrogen-bond donors (Lipinski definition) is 0. The molecular formula is C26H30Br2N2. The molecular weight excluding hydrogens is 500 g/mol. The minimum atomic E-state index is 0.339. The summed E-state index contributed by atoms with van der Waals surface area (Å²) in [7, 11) is 0. The second-order valence-electron chi connectivity index (χ2n) is 7.95. The molecule has 0 spiro atoms. The number of rotatable bonds is 5. The SMILES string of the molecule is C=C1CN=C(C2=CC=CC=C[C@H]2CC)c2cc(Br)c(Br)cc2N1/C(C)=C\C(C)CC. The fourth-order valence-electron chi connectivity index (χ4n) is 3.96. The first kappa shape index (κ1) is 23.0. The molecule has 0 saturated heterocycles. The first-order valence-electron chi connectivity index (χ1n) is 10.6. The van der Waals surface area contributed by atoms with Crippen LogP contribution in [0.4, 0.5) is 5.69 Å². The third-order valence-electron chi connectivity index (χ3n) is 5.75. The summed E-state index contributed by atoms with van der Waals surface area (Å²) >= 11 is 7.43. The van der Waals surface area contributed by atoms with Crippen LogP contribution in [-0.2, 0) is 0 Å². The van der Waals surface area contributed by atoms with E-state index in [2.05, 4.69) is 120 Å². The maximum atomic E-state index is 5.09. The van der Waals surface area contributed by atoms with Gasteiger partial charge in [-0.2, -0.15) is 0 Å². The summed E-state index contributed by atoms with van der Waals surface area (Å²) in [6.45, 7) is 13.9. The third kappa shape index (κ3) is 4.81. The molecule has 0 fully saturated rings. The molecule has 2 aliphatic rings. The van der Waals surface area contributed by atoms with Gasteiger partial charge in [0.2, 0.25) is 0 Å². The van der Waals surface area contributed by atoms with E-state index in [1.54, 1.807) is 0 Å². The molecule has 1 heterocycles. The van der Waals surface area contributed by atoms with Crippen molar-refractivity contribution < 1.29 is 0 Å². The molecule has 1 unspecified atom stereocenters. The molecule has 1 aromatic rings. The molecule has 0 bridgehead atoms. The van der Waals surface area contributed by atoms with Gasteiger partial charge < -0.3 is 4.90 Å². The van der Waals surface area contributed by atoms with Gasteiger partial charge in [0.25, 0.3) is 0 Å². The van der Waals surface area contributed by atoms with E-state index < -0.39 is 0 Å². The van der Waals surface area contributed by atoms with E-state index in [0.717, 1.165) is 44.4 Å². The van der Waals surface area contributed by atoms with Gasteiger partial charge in [-0.05, 0) is 68.8 Å². The predicted octanol–water partition coefficient (Wildman–Crippen LogP) is 8.36. The summed E-state index contributed by atoms with van der Waals surface area (Å²) in [4.78, 5) is 7.36. The Morgan fingerprint density at radius 3 is 2.67 bits per heavy atom. The maximum absolute atomic E-state index is 5.09. The van der Waals surface area contributed by atoms with Crippen LogP contribution in [0.25, 0.3) is 0 Å². The topological polar surface area (TPSA) is 15.6 Å². The molecule has 0 saturated carbocycles. The Balaban J connectivity index is 2.22. The number of fused-ring (bicyclic) bond motifs is 1. The zero-order valence-electron chi connectivity index (χ0n) is 18.3. The molecule has 0 aromatic heterocycles. The van der Waals surface area contributed by atoms with Crippen LogP contribution < -0.4 is 4.90 Å². The van der Waals surface area contributed by atoms with E-state index in [4.69, 9.17) is 4.99 Å². The van der Waals surface area contributed by atoms with Crippen molar-refractivity contribution in [1.82, 2.24) is 0 Å². The highest BCUT2D eigenvalue weighted by molar-refractivity contribution is 9.13. The number of anilines is 1. The zero-order valence-corrected chi connectivity index (χ0v) is 21.4. The molecule has 1 aliphatic carbocycles. The van der Waals surface area contributed by atoms with Gasteiger partial charge in [0.1, 0.15) is 0 Å². The Kier molecular flexibility index (Phi) is 7.75. The van der Waals surface area contributed by atoms with Crippen LogP contribution in [0.15, 0.2) is 86.1 Å². The number of nitrogens with zero attached hydrogens (tertiary/aromatic N) is 2. The van der Waals surface area contributed by atoms with Gasteiger partial charge in [-0.1, -0.05) is 70.2 Å². The molecule has 0 radical (unpaired) electrons. The molecule has 1 aromatic carbocycles. The normalized spacial score (nSPS) is 20.3. The Hall–Kier alpha value is -1.65. The Morgan fingerprint density at radius 1 is 1.23 bits per heavy atom. The Morgan fingerprint density at radius 2 is 1.97 bits per heavy atom. The van der Waals surface area contributed by atoms with Crippen LogP contribution >= 0.6 is 31.9 Å². The smallest absolute Gasteiger partial charge is 0.0796 e. The van der Waals surface area contributed by atoms with Gasteiger partial charge >= 0.3 is 0 Å². The average Bonchev–Trinajstić information content (AvgIpc) is 3.03. The molecule has 2 nitrogen and oxygen atoms in total. The van der Waals surface area contributed by atoms with Crippen molar-refractivity contribution in [2.24, 2.45) is 16.8 Å². The lowest BCUT2D eigenvalue weighted by Gasteiger charge is -2.29. The van der Waals surface area contributed by atoms with Crippen LogP contribution in [0.1, 0.15) is 46.1 Å². The predicted molar refractivity (Wildman–Crippen MR) is 138 cm³/mol. The highest BCUT2D eigenvalue weighted by Crippen LogP contribution is 2.39. The lowest BCUT2D eigenvalue weighted by atomic mass is 9.88.